The number of nitrogens with zero attached hydrogens (tertiary/aromatic N) is 5. The Morgan fingerprint density at radius 3 is 2.77 bits per heavy atom. The number of anilines is 1. The van der Waals surface area contributed by atoms with E-state index < -0.39 is 5.97 Å². The van der Waals surface area contributed by atoms with Gasteiger partial charge in [-0.2, -0.15) is 0 Å². The highest BCUT2D eigenvalue weighted by atomic mass is 19.1. The molecule has 5 rings (SSSR count). The smallest absolute Gasteiger partial charge is 0.341 e. The summed E-state index contributed by atoms with van der Waals surface area (Å²) in [5, 5.41) is 9.34. The number of rotatable bonds is 4. The van der Waals surface area contributed by atoms with Crippen molar-refractivity contribution >= 4 is 22.6 Å². The van der Waals surface area contributed by atoms with Gasteiger partial charge in [0.2, 0.25) is 0 Å². The molecular formula is C23H20FN5O2. The zero-order chi connectivity index (χ0) is 21.4. The van der Waals surface area contributed by atoms with Crippen molar-refractivity contribution in [1.82, 2.24) is 19.7 Å². The highest BCUT2D eigenvalue weighted by Gasteiger charge is 2.27. The number of carbonyl (C=O) groups is 1. The molecule has 1 aliphatic rings. The molecule has 0 amide bonds. The number of hydrogen-bond donors (Lipinski definition) is 0. The first-order valence-corrected chi connectivity index (χ1v) is 10.1. The van der Waals surface area contributed by atoms with Gasteiger partial charge in [0.15, 0.2) is 11.6 Å². The minimum absolute atomic E-state index is 0.244. The van der Waals surface area contributed by atoms with Gasteiger partial charge in [-0.25, -0.2) is 9.18 Å². The van der Waals surface area contributed by atoms with Crippen LogP contribution >= 0.6 is 0 Å². The molecule has 0 saturated heterocycles. The second kappa shape index (κ2) is 7.79. The zero-order valence-corrected chi connectivity index (χ0v) is 17.0. The number of carbonyl (C=O) groups excluding carboxylic acids is 1. The van der Waals surface area contributed by atoms with Crippen molar-refractivity contribution < 1.29 is 13.9 Å². The second-order valence-corrected chi connectivity index (χ2v) is 7.28. The normalized spacial score (nSPS) is 13.3. The minimum Gasteiger partial charge on any atom is -0.462 e. The standard InChI is InChI=1S/C23H20FN5O2/c1-2-31-23(30)18-13-25-19-9-8-16(24)12-17(19)21(18)28-10-11-29-20(14-28)26-27-22(29)15-6-4-3-5-7-15/h3-9,12-13H,2,10-11,14H2,1H3. The third kappa shape index (κ3) is 3.39. The molecule has 4 aromatic rings. The van der Waals surface area contributed by atoms with Crippen molar-refractivity contribution in [3.8, 4) is 11.4 Å². The van der Waals surface area contributed by atoms with Crippen LogP contribution in [-0.2, 0) is 17.8 Å². The highest BCUT2D eigenvalue weighted by Crippen LogP contribution is 2.34. The van der Waals surface area contributed by atoms with E-state index >= 15 is 0 Å². The van der Waals surface area contributed by atoms with Gasteiger partial charge in [0.1, 0.15) is 11.4 Å². The molecule has 2 aromatic carbocycles. The summed E-state index contributed by atoms with van der Waals surface area (Å²) in [5.41, 5.74) is 2.54. The molecule has 7 nitrogen and oxygen atoms in total. The van der Waals surface area contributed by atoms with Crippen LogP contribution in [0, 0.1) is 5.82 Å². The van der Waals surface area contributed by atoms with Gasteiger partial charge in [0.05, 0.1) is 24.4 Å². The van der Waals surface area contributed by atoms with Crippen molar-refractivity contribution in [2.75, 3.05) is 18.1 Å². The number of benzene rings is 2. The molecule has 0 N–H and O–H groups in total. The molecule has 0 bridgehead atoms. The van der Waals surface area contributed by atoms with Gasteiger partial charge in [-0.3, -0.25) is 4.98 Å². The Hall–Kier alpha value is -3.81. The number of ether oxygens (including phenoxy) is 1. The first-order chi connectivity index (χ1) is 15.2. The molecule has 8 heteroatoms. The fourth-order valence-corrected chi connectivity index (χ4v) is 4.00. The van der Waals surface area contributed by atoms with Crippen LogP contribution in [0.1, 0.15) is 23.1 Å². The molecular weight excluding hydrogens is 397 g/mol. The van der Waals surface area contributed by atoms with Crippen molar-refractivity contribution in [3.05, 3.63) is 71.9 Å². The van der Waals surface area contributed by atoms with Gasteiger partial charge < -0.3 is 14.2 Å². The third-order valence-electron chi connectivity index (χ3n) is 5.40. The molecule has 0 aliphatic carbocycles. The first kappa shape index (κ1) is 19.2. The number of esters is 1. The maximum Gasteiger partial charge on any atom is 0.341 e. The number of fused-ring (bicyclic) bond motifs is 2. The fourth-order valence-electron chi connectivity index (χ4n) is 4.00. The Morgan fingerprint density at radius 1 is 1.13 bits per heavy atom. The minimum atomic E-state index is -0.479. The monoisotopic (exact) mass is 417 g/mol. The summed E-state index contributed by atoms with van der Waals surface area (Å²) in [5.74, 6) is 0.726. The van der Waals surface area contributed by atoms with E-state index in [1.807, 2.05) is 35.2 Å². The summed E-state index contributed by atoms with van der Waals surface area (Å²) in [6.45, 7) is 3.66. The lowest BCUT2D eigenvalue weighted by molar-refractivity contribution is 0.0526. The van der Waals surface area contributed by atoms with Crippen LogP contribution in [0.15, 0.2) is 54.7 Å². The molecule has 3 heterocycles. The van der Waals surface area contributed by atoms with E-state index in [9.17, 15) is 9.18 Å². The summed E-state index contributed by atoms with van der Waals surface area (Å²) in [6.07, 6.45) is 1.50. The van der Waals surface area contributed by atoms with E-state index in [1.54, 1.807) is 13.0 Å². The van der Waals surface area contributed by atoms with E-state index in [-0.39, 0.29) is 12.4 Å². The van der Waals surface area contributed by atoms with Gasteiger partial charge in [-0.05, 0) is 25.1 Å². The quantitative estimate of drug-likeness (QED) is 0.470. The summed E-state index contributed by atoms with van der Waals surface area (Å²) >= 11 is 0. The van der Waals surface area contributed by atoms with Crippen LogP contribution in [0.25, 0.3) is 22.3 Å². The van der Waals surface area contributed by atoms with Crippen molar-refractivity contribution in [2.24, 2.45) is 0 Å². The summed E-state index contributed by atoms with van der Waals surface area (Å²) in [6, 6.07) is 14.3. The second-order valence-electron chi connectivity index (χ2n) is 7.28. The largest absolute Gasteiger partial charge is 0.462 e. The fraction of sp³-hybridized carbons (Fsp3) is 0.217. The Bertz CT molecular complexity index is 1270. The molecule has 0 atom stereocenters. The average Bonchev–Trinajstić information content (AvgIpc) is 3.22. The lowest BCUT2D eigenvalue weighted by Crippen LogP contribution is -2.35. The summed E-state index contributed by atoms with van der Waals surface area (Å²) in [7, 11) is 0. The third-order valence-corrected chi connectivity index (χ3v) is 5.40. The Labute approximate surface area is 178 Å². The van der Waals surface area contributed by atoms with Crippen molar-refractivity contribution in [1.29, 1.82) is 0 Å². The number of aromatic nitrogens is 4. The number of hydrogen-bond acceptors (Lipinski definition) is 6. The lowest BCUT2D eigenvalue weighted by Gasteiger charge is -2.31. The van der Waals surface area contributed by atoms with Crippen molar-refractivity contribution in [2.45, 2.75) is 20.0 Å². The average molecular weight is 417 g/mol. The van der Waals surface area contributed by atoms with Gasteiger partial charge in [-0.1, -0.05) is 30.3 Å². The Balaban J connectivity index is 1.59. The molecule has 2 aromatic heterocycles. The number of pyridine rings is 1. The molecule has 0 unspecified atom stereocenters. The predicted molar refractivity (Wildman–Crippen MR) is 114 cm³/mol. The Kier molecular flexibility index (Phi) is 4.82. The molecule has 1 aliphatic heterocycles. The van der Waals surface area contributed by atoms with E-state index in [2.05, 4.69) is 19.7 Å². The SMILES string of the molecule is CCOC(=O)c1cnc2ccc(F)cc2c1N1CCn2c(nnc2-c2ccccc2)C1. The van der Waals surface area contributed by atoms with Crippen LogP contribution in [0.4, 0.5) is 10.1 Å². The number of halogens is 1. The van der Waals surface area contributed by atoms with E-state index in [0.717, 1.165) is 17.2 Å². The maximum atomic E-state index is 14.1. The van der Waals surface area contributed by atoms with Gasteiger partial charge >= 0.3 is 5.97 Å². The highest BCUT2D eigenvalue weighted by molar-refractivity contribution is 6.05. The van der Waals surface area contributed by atoms with Crippen LogP contribution < -0.4 is 4.90 Å². The van der Waals surface area contributed by atoms with Gasteiger partial charge in [-0.15, -0.1) is 10.2 Å². The van der Waals surface area contributed by atoms with E-state index in [4.69, 9.17) is 4.74 Å². The summed E-state index contributed by atoms with van der Waals surface area (Å²) < 4.78 is 21.4. The molecule has 0 fully saturated rings. The van der Waals surface area contributed by atoms with Crippen LogP contribution in [-0.4, -0.2) is 38.9 Å². The van der Waals surface area contributed by atoms with E-state index in [0.29, 0.717) is 41.8 Å². The first-order valence-electron chi connectivity index (χ1n) is 10.1. The van der Waals surface area contributed by atoms with Gasteiger partial charge in [0, 0.05) is 30.2 Å². The summed E-state index contributed by atoms with van der Waals surface area (Å²) in [4.78, 5) is 19.0. The predicted octanol–water partition coefficient (Wildman–Crippen LogP) is 3.83. The molecule has 0 radical (unpaired) electrons. The van der Waals surface area contributed by atoms with Crippen LogP contribution in [0.5, 0.6) is 0 Å². The Morgan fingerprint density at radius 2 is 1.97 bits per heavy atom. The van der Waals surface area contributed by atoms with Crippen molar-refractivity contribution in [3.63, 3.8) is 0 Å². The molecule has 31 heavy (non-hydrogen) atoms. The lowest BCUT2D eigenvalue weighted by atomic mass is 10.1. The van der Waals surface area contributed by atoms with Gasteiger partial charge in [0.25, 0.3) is 0 Å². The van der Waals surface area contributed by atoms with E-state index in [1.165, 1.54) is 18.3 Å². The maximum absolute atomic E-state index is 14.1. The zero-order valence-electron chi connectivity index (χ0n) is 17.0. The van der Waals surface area contributed by atoms with Crippen LogP contribution in [0.3, 0.4) is 0 Å². The topological polar surface area (TPSA) is 73.1 Å². The van der Waals surface area contributed by atoms with Crippen LogP contribution in [0.2, 0.25) is 0 Å². The molecule has 156 valence electrons. The molecule has 0 spiro atoms. The molecule has 0 saturated carbocycles.